The number of rotatable bonds is 5. The molecule has 2 aliphatic heterocycles. The van der Waals surface area contributed by atoms with Gasteiger partial charge in [-0.3, -0.25) is 4.99 Å². The maximum absolute atomic E-state index is 12.2. The SMILES string of the molecule is Cc1ccc(N2C(SCCOc3ccccc3)=N[C@@H]3CS(=O)(=O)C[C@H]32)c(C)c1. The minimum Gasteiger partial charge on any atom is -0.493 e. The van der Waals surface area contributed by atoms with Crippen LogP contribution in [0, 0.1) is 13.8 Å². The summed E-state index contributed by atoms with van der Waals surface area (Å²) in [6.07, 6.45) is 0. The summed E-state index contributed by atoms with van der Waals surface area (Å²) < 4.78 is 30.1. The van der Waals surface area contributed by atoms with E-state index >= 15 is 0 Å². The number of benzene rings is 2. The molecule has 2 heterocycles. The molecule has 28 heavy (non-hydrogen) atoms. The molecule has 0 bridgehead atoms. The Morgan fingerprint density at radius 3 is 2.68 bits per heavy atom. The quantitative estimate of drug-likeness (QED) is 0.699. The second kappa shape index (κ2) is 7.79. The van der Waals surface area contributed by atoms with E-state index in [0.717, 1.165) is 27.9 Å². The molecular weight excluding hydrogens is 392 g/mol. The molecule has 0 amide bonds. The summed E-state index contributed by atoms with van der Waals surface area (Å²) in [5, 5.41) is 0.897. The van der Waals surface area contributed by atoms with Gasteiger partial charge >= 0.3 is 0 Å². The highest BCUT2D eigenvalue weighted by Gasteiger charge is 2.47. The molecule has 148 valence electrons. The molecule has 5 nitrogen and oxygen atoms in total. The highest BCUT2D eigenvalue weighted by molar-refractivity contribution is 8.14. The fourth-order valence-corrected chi connectivity index (χ4v) is 6.58. The molecule has 0 spiro atoms. The van der Waals surface area contributed by atoms with Crippen molar-refractivity contribution in [2.45, 2.75) is 25.9 Å². The van der Waals surface area contributed by atoms with Gasteiger partial charge in [0.05, 0.1) is 30.2 Å². The molecule has 2 aromatic rings. The third-order valence-electron chi connectivity index (χ3n) is 5.05. The van der Waals surface area contributed by atoms with E-state index in [0.29, 0.717) is 6.61 Å². The van der Waals surface area contributed by atoms with Crippen molar-refractivity contribution in [2.75, 3.05) is 28.8 Å². The van der Waals surface area contributed by atoms with Crippen LogP contribution in [0.4, 0.5) is 5.69 Å². The molecule has 4 rings (SSSR count). The Hall–Kier alpha value is -1.99. The Balaban J connectivity index is 1.50. The van der Waals surface area contributed by atoms with Crippen molar-refractivity contribution in [3.05, 3.63) is 59.7 Å². The lowest BCUT2D eigenvalue weighted by Crippen LogP contribution is -2.39. The average molecular weight is 417 g/mol. The first-order chi connectivity index (χ1) is 13.4. The lowest BCUT2D eigenvalue weighted by atomic mass is 10.1. The van der Waals surface area contributed by atoms with Gasteiger partial charge < -0.3 is 9.64 Å². The van der Waals surface area contributed by atoms with E-state index in [9.17, 15) is 8.42 Å². The number of aliphatic imine (C=N–C) groups is 1. The number of hydrogen-bond donors (Lipinski definition) is 0. The van der Waals surface area contributed by atoms with E-state index in [1.165, 1.54) is 5.56 Å². The Bertz CT molecular complexity index is 990. The number of amidine groups is 1. The fourth-order valence-electron chi connectivity index (χ4n) is 3.80. The molecule has 2 aromatic carbocycles. The lowest BCUT2D eigenvalue weighted by molar-refractivity contribution is 0.344. The van der Waals surface area contributed by atoms with Gasteiger partial charge in [0, 0.05) is 11.4 Å². The Morgan fingerprint density at radius 2 is 1.93 bits per heavy atom. The van der Waals surface area contributed by atoms with E-state index < -0.39 is 9.84 Å². The zero-order valence-electron chi connectivity index (χ0n) is 16.0. The summed E-state index contributed by atoms with van der Waals surface area (Å²) in [7, 11) is -3.03. The monoisotopic (exact) mass is 416 g/mol. The molecule has 0 aliphatic carbocycles. The Morgan fingerprint density at radius 1 is 1.14 bits per heavy atom. The maximum atomic E-state index is 12.2. The van der Waals surface area contributed by atoms with Crippen LogP contribution in [0.2, 0.25) is 0 Å². The van der Waals surface area contributed by atoms with E-state index in [2.05, 4.69) is 36.9 Å². The van der Waals surface area contributed by atoms with Gasteiger partial charge in [0.2, 0.25) is 0 Å². The van der Waals surface area contributed by atoms with Gasteiger partial charge in [0.1, 0.15) is 5.75 Å². The first kappa shape index (κ1) is 19.3. The van der Waals surface area contributed by atoms with E-state index in [1.807, 2.05) is 30.3 Å². The fraction of sp³-hybridized carbons (Fsp3) is 0.381. The van der Waals surface area contributed by atoms with Crippen LogP contribution in [0.25, 0.3) is 0 Å². The highest BCUT2D eigenvalue weighted by atomic mass is 32.2. The van der Waals surface area contributed by atoms with E-state index in [-0.39, 0.29) is 23.6 Å². The van der Waals surface area contributed by atoms with Crippen LogP contribution in [0.3, 0.4) is 0 Å². The number of nitrogens with zero attached hydrogens (tertiary/aromatic N) is 2. The van der Waals surface area contributed by atoms with Crippen LogP contribution in [-0.4, -0.2) is 49.5 Å². The molecule has 0 unspecified atom stereocenters. The molecule has 1 fully saturated rings. The predicted octanol–water partition coefficient (Wildman–Crippen LogP) is 3.46. The number of thioether (sulfide) groups is 1. The van der Waals surface area contributed by atoms with Crippen LogP contribution < -0.4 is 9.64 Å². The van der Waals surface area contributed by atoms with Gasteiger partial charge in [-0.2, -0.15) is 0 Å². The number of fused-ring (bicyclic) bond motifs is 1. The Labute approximate surface area is 170 Å². The summed E-state index contributed by atoms with van der Waals surface area (Å²) >= 11 is 1.63. The first-order valence-corrected chi connectivity index (χ1v) is 12.2. The van der Waals surface area contributed by atoms with Crippen LogP contribution in [0.5, 0.6) is 5.75 Å². The van der Waals surface area contributed by atoms with E-state index in [1.54, 1.807) is 11.8 Å². The zero-order valence-corrected chi connectivity index (χ0v) is 17.7. The summed E-state index contributed by atoms with van der Waals surface area (Å²) in [4.78, 5) is 6.92. The summed E-state index contributed by atoms with van der Waals surface area (Å²) in [5.74, 6) is 1.91. The van der Waals surface area contributed by atoms with Gasteiger partial charge in [0.25, 0.3) is 0 Å². The van der Waals surface area contributed by atoms with Gasteiger partial charge in [-0.1, -0.05) is 47.7 Å². The molecule has 7 heteroatoms. The van der Waals surface area contributed by atoms with Crippen molar-refractivity contribution in [3.8, 4) is 5.75 Å². The molecule has 0 radical (unpaired) electrons. The van der Waals surface area contributed by atoms with Gasteiger partial charge in [-0.05, 0) is 37.6 Å². The molecule has 0 N–H and O–H groups in total. The average Bonchev–Trinajstić information content (AvgIpc) is 3.11. The highest BCUT2D eigenvalue weighted by Crippen LogP contribution is 2.36. The number of hydrogen-bond acceptors (Lipinski definition) is 6. The number of anilines is 1. The number of sulfone groups is 1. The van der Waals surface area contributed by atoms with Crippen molar-refractivity contribution in [2.24, 2.45) is 4.99 Å². The van der Waals surface area contributed by atoms with Gasteiger partial charge in [0.15, 0.2) is 15.0 Å². The largest absolute Gasteiger partial charge is 0.493 e. The van der Waals surface area contributed by atoms with Crippen LogP contribution >= 0.6 is 11.8 Å². The Kier molecular flexibility index (Phi) is 5.38. The van der Waals surface area contributed by atoms with Crippen molar-refractivity contribution < 1.29 is 13.2 Å². The van der Waals surface area contributed by atoms with Crippen molar-refractivity contribution in [3.63, 3.8) is 0 Å². The minimum absolute atomic E-state index is 0.107. The molecule has 0 saturated carbocycles. The minimum atomic E-state index is -3.03. The number of aryl methyl sites for hydroxylation is 2. The summed E-state index contributed by atoms with van der Waals surface area (Å²) in [6, 6.07) is 15.7. The third kappa shape index (κ3) is 4.05. The van der Waals surface area contributed by atoms with Crippen molar-refractivity contribution in [1.82, 2.24) is 0 Å². The number of para-hydroxylation sites is 1. The summed E-state index contributed by atoms with van der Waals surface area (Å²) in [6.45, 7) is 4.70. The lowest BCUT2D eigenvalue weighted by Gasteiger charge is -2.28. The summed E-state index contributed by atoms with van der Waals surface area (Å²) in [5.41, 5.74) is 3.38. The van der Waals surface area contributed by atoms with Crippen LogP contribution in [0.1, 0.15) is 11.1 Å². The second-order valence-electron chi connectivity index (χ2n) is 7.29. The van der Waals surface area contributed by atoms with E-state index in [4.69, 9.17) is 9.73 Å². The van der Waals surface area contributed by atoms with Crippen molar-refractivity contribution >= 4 is 32.5 Å². The molecule has 0 aromatic heterocycles. The predicted molar refractivity (Wildman–Crippen MR) is 116 cm³/mol. The van der Waals surface area contributed by atoms with Crippen LogP contribution in [-0.2, 0) is 9.84 Å². The molecule has 2 aliphatic rings. The second-order valence-corrected chi connectivity index (χ2v) is 10.5. The third-order valence-corrected chi connectivity index (χ3v) is 7.68. The standard InChI is InChI=1S/C21H24N2O3S2/c1-15-8-9-19(16(2)12-15)23-20-14-28(24,25)13-18(20)22-21(23)27-11-10-26-17-6-4-3-5-7-17/h3-9,12,18,20H,10-11,13-14H2,1-2H3/t18-,20-/m1/s1. The molecule has 1 saturated heterocycles. The molecular formula is C21H24N2O3S2. The van der Waals surface area contributed by atoms with Gasteiger partial charge in [-0.15, -0.1) is 0 Å². The zero-order chi connectivity index (χ0) is 19.7. The van der Waals surface area contributed by atoms with Crippen molar-refractivity contribution in [1.29, 1.82) is 0 Å². The number of ether oxygens (including phenoxy) is 1. The smallest absolute Gasteiger partial charge is 0.164 e. The van der Waals surface area contributed by atoms with Gasteiger partial charge in [-0.25, -0.2) is 8.42 Å². The topological polar surface area (TPSA) is 59.0 Å². The van der Waals surface area contributed by atoms with Crippen LogP contribution in [0.15, 0.2) is 53.5 Å². The maximum Gasteiger partial charge on any atom is 0.164 e. The normalized spacial score (nSPS) is 22.8. The molecule has 2 atom stereocenters. The first-order valence-electron chi connectivity index (χ1n) is 9.38.